The molecule has 0 aliphatic heterocycles. The second-order valence-electron chi connectivity index (χ2n) is 6.26. The van der Waals surface area contributed by atoms with Crippen molar-refractivity contribution in [1.82, 2.24) is 14.3 Å². The van der Waals surface area contributed by atoms with Gasteiger partial charge in [0, 0.05) is 33.9 Å². The molecule has 1 aliphatic carbocycles. The lowest BCUT2D eigenvalue weighted by atomic mass is 10.2. The van der Waals surface area contributed by atoms with Crippen LogP contribution in [0.15, 0.2) is 30.3 Å². The minimum Gasteiger partial charge on any atom is -0.340 e. The number of carbonyl (C=O) groups is 1. The Kier molecular flexibility index (Phi) is 2.93. The third-order valence-corrected chi connectivity index (χ3v) is 4.41. The SMILES string of the molecule is Cc1cc(C)n(Cc2cc3cc(C=O)ccc3n2C2CC2)n1. The number of hydrogen-bond donors (Lipinski definition) is 0. The molecule has 4 nitrogen and oxygen atoms in total. The average Bonchev–Trinajstić information content (AvgIpc) is 3.19. The number of benzene rings is 1. The van der Waals surface area contributed by atoms with Crippen molar-refractivity contribution < 1.29 is 4.79 Å². The van der Waals surface area contributed by atoms with Crippen LogP contribution in [0.2, 0.25) is 0 Å². The number of aryl methyl sites for hydroxylation is 2. The highest BCUT2D eigenvalue weighted by Crippen LogP contribution is 2.40. The molecular weight excluding hydrogens is 274 g/mol. The fraction of sp³-hybridized carbons (Fsp3) is 0.333. The van der Waals surface area contributed by atoms with Crippen molar-refractivity contribution in [2.45, 2.75) is 39.3 Å². The molecule has 2 heterocycles. The number of aromatic nitrogens is 3. The molecular formula is C18H19N3O. The van der Waals surface area contributed by atoms with E-state index in [1.807, 2.05) is 19.1 Å². The molecule has 0 radical (unpaired) electrons. The first-order valence-corrected chi connectivity index (χ1v) is 7.76. The summed E-state index contributed by atoms with van der Waals surface area (Å²) in [6.07, 6.45) is 3.39. The highest BCUT2D eigenvalue weighted by atomic mass is 16.1. The Morgan fingerprint density at radius 2 is 2.05 bits per heavy atom. The predicted molar refractivity (Wildman–Crippen MR) is 86.4 cm³/mol. The zero-order valence-corrected chi connectivity index (χ0v) is 12.9. The fourth-order valence-corrected chi connectivity index (χ4v) is 3.26. The van der Waals surface area contributed by atoms with Crippen LogP contribution in [0.4, 0.5) is 0 Å². The standard InChI is InChI=1S/C18H19N3O/c1-12-7-13(2)20(19-12)10-17-9-15-8-14(11-22)3-6-18(15)21(17)16-4-5-16/h3,6-9,11,16H,4-5,10H2,1-2H3. The minimum absolute atomic E-state index is 0.603. The first-order chi connectivity index (χ1) is 10.7. The maximum atomic E-state index is 11.0. The summed E-state index contributed by atoms with van der Waals surface area (Å²) < 4.78 is 4.49. The van der Waals surface area contributed by atoms with Crippen molar-refractivity contribution in [3.05, 3.63) is 53.0 Å². The molecule has 0 N–H and O–H groups in total. The Balaban J connectivity index is 1.83. The zero-order chi connectivity index (χ0) is 15.3. The van der Waals surface area contributed by atoms with E-state index in [4.69, 9.17) is 0 Å². The molecule has 1 aliphatic rings. The van der Waals surface area contributed by atoms with E-state index in [-0.39, 0.29) is 0 Å². The molecule has 4 rings (SSSR count). The summed E-state index contributed by atoms with van der Waals surface area (Å²) in [5.74, 6) is 0. The summed E-state index contributed by atoms with van der Waals surface area (Å²) in [5.41, 5.74) is 5.46. The van der Waals surface area contributed by atoms with E-state index in [1.165, 1.54) is 29.7 Å². The first-order valence-electron chi connectivity index (χ1n) is 7.76. The van der Waals surface area contributed by atoms with Crippen LogP contribution in [0, 0.1) is 13.8 Å². The van der Waals surface area contributed by atoms with Crippen LogP contribution < -0.4 is 0 Å². The van der Waals surface area contributed by atoms with E-state index in [0.29, 0.717) is 6.04 Å². The van der Waals surface area contributed by atoms with Gasteiger partial charge in [0.25, 0.3) is 0 Å². The van der Waals surface area contributed by atoms with Crippen LogP contribution in [0.3, 0.4) is 0 Å². The lowest BCUT2D eigenvalue weighted by Crippen LogP contribution is -2.09. The van der Waals surface area contributed by atoms with Gasteiger partial charge in [0.05, 0.1) is 12.2 Å². The molecule has 3 aromatic rings. The van der Waals surface area contributed by atoms with E-state index >= 15 is 0 Å². The summed E-state index contributed by atoms with van der Waals surface area (Å²) in [6.45, 7) is 4.90. The van der Waals surface area contributed by atoms with Crippen LogP contribution in [-0.4, -0.2) is 20.6 Å². The van der Waals surface area contributed by atoms with E-state index in [0.717, 1.165) is 29.5 Å². The molecule has 0 amide bonds. The molecule has 4 heteroatoms. The lowest BCUT2D eigenvalue weighted by molar-refractivity contribution is 0.112. The molecule has 0 bridgehead atoms. The van der Waals surface area contributed by atoms with E-state index in [1.54, 1.807) is 0 Å². The Morgan fingerprint density at radius 1 is 1.23 bits per heavy atom. The van der Waals surface area contributed by atoms with Crippen molar-refractivity contribution in [2.24, 2.45) is 0 Å². The highest BCUT2D eigenvalue weighted by Gasteiger charge is 2.27. The Bertz CT molecular complexity index is 868. The molecule has 0 saturated heterocycles. The molecule has 2 aromatic heterocycles. The first kappa shape index (κ1) is 13.3. The number of hydrogen-bond acceptors (Lipinski definition) is 2. The summed E-state index contributed by atoms with van der Waals surface area (Å²) >= 11 is 0. The second kappa shape index (κ2) is 4.83. The number of rotatable bonds is 4. The summed E-state index contributed by atoms with van der Waals surface area (Å²) in [5, 5.41) is 5.72. The van der Waals surface area contributed by atoms with Gasteiger partial charge in [0.15, 0.2) is 0 Å². The quantitative estimate of drug-likeness (QED) is 0.689. The third kappa shape index (κ3) is 2.15. The minimum atomic E-state index is 0.603. The normalized spacial score (nSPS) is 14.6. The molecule has 0 unspecified atom stereocenters. The van der Waals surface area contributed by atoms with E-state index in [9.17, 15) is 4.79 Å². The average molecular weight is 293 g/mol. The Hall–Kier alpha value is -2.36. The van der Waals surface area contributed by atoms with Crippen molar-refractivity contribution in [3.8, 4) is 0 Å². The van der Waals surface area contributed by atoms with Crippen LogP contribution >= 0.6 is 0 Å². The number of fused-ring (bicyclic) bond motifs is 1. The molecule has 1 fully saturated rings. The predicted octanol–water partition coefficient (Wildman–Crippen LogP) is 3.65. The number of aldehydes is 1. The maximum Gasteiger partial charge on any atom is 0.150 e. The summed E-state index contributed by atoms with van der Waals surface area (Å²) in [4.78, 5) is 11.0. The molecule has 0 atom stereocenters. The van der Waals surface area contributed by atoms with Crippen molar-refractivity contribution in [1.29, 1.82) is 0 Å². The van der Waals surface area contributed by atoms with Crippen LogP contribution in [0.5, 0.6) is 0 Å². The van der Waals surface area contributed by atoms with Gasteiger partial charge in [0.1, 0.15) is 6.29 Å². The summed E-state index contributed by atoms with van der Waals surface area (Å²) in [7, 11) is 0. The van der Waals surface area contributed by atoms with Crippen LogP contribution in [0.25, 0.3) is 10.9 Å². The third-order valence-electron chi connectivity index (χ3n) is 4.41. The van der Waals surface area contributed by atoms with Gasteiger partial charge in [-0.25, -0.2) is 0 Å². The van der Waals surface area contributed by atoms with Crippen molar-refractivity contribution >= 4 is 17.2 Å². The molecule has 22 heavy (non-hydrogen) atoms. The lowest BCUT2D eigenvalue weighted by Gasteiger charge is -2.10. The largest absolute Gasteiger partial charge is 0.340 e. The van der Waals surface area contributed by atoms with Gasteiger partial charge in [-0.3, -0.25) is 9.48 Å². The molecule has 1 aromatic carbocycles. The van der Waals surface area contributed by atoms with E-state index < -0.39 is 0 Å². The fourth-order valence-electron chi connectivity index (χ4n) is 3.26. The molecule has 0 spiro atoms. The van der Waals surface area contributed by atoms with Gasteiger partial charge in [0.2, 0.25) is 0 Å². The topological polar surface area (TPSA) is 39.8 Å². The van der Waals surface area contributed by atoms with Gasteiger partial charge in [-0.05, 0) is 57.0 Å². The van der Waals surface area contributed by atoms with Gasteiger partial charge >= 0.3 is 0 Å². The van der Waals surface area contributed by atoms with Gasteiger partial charge in [-0.15, -0.1) is 0 Å². The van der Waals surface area contributed by atoms with E-state index in [2.05, 4.69) is 39.5 Å². The van der Waals surface area contributed by atoms with Crippen molar-refractivity contribution in [3.63, 3.8) is 0 Å². The molecule has 1 saturated carbocycles. The number of nitrogens with zero attached hydrogens (tertiary/aromatic N) is 3. The Labute approximate surface area is 129 Å². The monoisotopic (exact) mass is 293 g/mol. The number of carbonyl (C=O) groups excluding carboxylic acids is 1. The van der Waals surface area contributed by atoms with Gasteiger partial charge in [-0.2, -0.15) is 5.10 Å². The van der Waals surface area contributed by atoms with Gasteiger partial charge in [-0.1, -0.05) is 0 Å². The van der Waals surface area contributed by atoms with Crippen LogP contribution in [-0.2, 0) is 6.54 Å². The molecule has 112 valence electrons. The smallest absolute Gasteiger partial charge is 0.150 e. The highest BCUT2D eigenvalue weighted by molar-refractivity contribution is 5.88. The maximum absolute atomic E-state index is 11.0. The van der Waals surface area contributed by atoms with Gasteiger partial charge < -0.3 is 4.57 Å². The summed E-state index contributed by atoms with van der Waals surface area (Å²) in [6, 6.07) is 10.9. The second-order valence-corrected chi connectivity index (χ2v) is 6.26. The van der Waals surface area contributed by atoms with Crippen LogP contribution in [0.1, 0.15) is 46.3 Å². The Morgan fingerprint density at radius 3 is 2.68 bits per heavy atom. The zero-order valence-electron chi connectivity index (χ0n) is 12.9. The van der Waals surface area contributed by atoms with Crippen molar-refractivity contribution in [2.75, 3.05) is 0 Å².